The molecule has 1 amide bonds. The molecule has 1 saturated heterocycles. The molecule has 0 bridgehead atoms. The normalized spacial score (nSPS) is 15.4. The monoisotopic (exact) mass is 387 g/mol. The fourth-order valence-electron chi connectivity index (χ4n) is 3.36. The number of halogens is 1. The van der Waals surface area contributed by atoms with Crippen molar-refractivity contribution in [1.29, 1.82) is 0 Å². The van der Waals surface area contributed by atoms with Crippen LogP contribution in [0.15, 0.2) is 35.0 Å². The van der Waals surface area contributed by atoms with Crippen molar-refractivity contribution in [3.05, 3.63) is 41.2 Å². The van der Waals surface area contributed by atoms with Crippen molar-refractivity contribution in [3.8, 4) is 0 Å². The molecule has 0 spiro atoms. The maximum atomic E-state index is 12.5. The minimum atomic E-state index is 0.0151. The van der Waals surface area contributed by atoms with E-state index in [9.17, 15) is 4.79 Å². The van der Waals surface area contributed by atoms with Gasteiger partial charge in [0, 0.05) is 54.9 Å². The minimum absolute atomic E-state index is 0.0151. The smallest absolute Gasteiger partial charge is 0.298 e. The highest BCUT2D eigenvalue weighted by Gasteiger charge is 2.27. The van der Waals surface area contributed by atoms with Crippen molar-refractivity contribution < 1.29 is 9.21 Å². The molecule has 2 aromatic heterocycles. The van der Waals surface area contributed by atoms with Crippen LogP contribution in [0.2, 0.25) is 5.02 Å². The summed E-state index contributed by atoms with van der Waals surface area (Å²) in [5.41, 5.74) is 2.50. The van der Waals surface area contributed by atoms with Gasteiger partial charge in [0.2, 0.25) is 5.91 Å². The maximum Gasteiger partial charge on any atom is 0.298 e. The van der Waals surface area contributed by atoms with Crippen LogP contribution in [-0.4, -0.2) is 33.8 Å². The second-order valence-corrected chi connectivity index (χ2v) is 7.23. The number of amides is 1. The second kappa shape index (κ2) is 7.60. The van der Waals surface area contributed by atoms with Gasteiger partial charge in [0.1, 0.15) is 5.52 Å². The number of piperidine rings is 1. The first-order chi connectivity index (χ1) is 13.1. The summed E-state index contributed by atoms with van der Waals surface area (Å²) < 4.78 is 7.68. The van der Waals surface area contributed by atoms with Crippen LogP contribution < -0.4 is 10.2 Å². The van der Waals surface area contributed by atoms with Gasteiger partial charge in [0.05, 0.1) is 6.20 Å². The van der Waals surface area contributed by atoms with Crippen molar-refractivity contribution in [2.45, 2.75) is 32.9 Å². The van der Waals surface area contributed by atoms with Crippen LogP contribution in [-0.2, 0) is 17.9 Å². The zero-order valence-electron chi connectivity index (χ0n) is 15.2. The molecule has 1 fully saturated rings. The van der Waals surface area contributed by atoms with Gasteiger partial charge in [-0.2, -0.15) is 10.1 Å². The largest absolute Gasteiger partial charge is 0.423 e. The number of nitrogens with zero attached hydrogens (tertiary/aromatic N) is 4. The molecule has 7 nitrogen and oxygen atoms in total. The number of benzene rings is 1. The van der Waals surface area contributed by atoms with Crippen LogP contribution in [0, 0.1) is 5.92 Å². The Morgan fingerprint density at radius 1 is 1.37 bits per heavy atom. The van der Waals surface area contributed by atoms with E-state index in [1.165, 1.54) is 0 Å². The van der Waals surface area contributed by atoms with E-state index in [1.807, 2.05) is 23.9 Å². The van der Waals surface area contributed by atoms with E-state index in [1.54, 1.807) is 18.3 Å². The van der Waals surface area contributed by atoms with E-state index in [-0.39, 0.29) is 11.8 Å². The topological polar surface area (TPSA) is 76.2 Å². The van der Waals surface area contributed by atoms with Crippen molar-refractivity contribution >= 4 is 34.6 Å². The van der Waals surface area contributed by atoms with Crippen molar-refractivity contribution in [2.24, 2.45) is 5.92 Å². The lowest BCUT2D eigenvalue weighted by Crippen LogP contribution is -2.40. The standard InChI is InChI=1S/C19H22ClN5O2/c1-2-25-12-13(11-22-25)10-21-18(26)14-5-7-24(8-6-14)19-23-16-4-3-15(20)9-17(16)27-19/h3-4,9,11-12,14H,2,5-8,10H2,1H3,(H,21,26). The minimum Gasteiger partial charge on any atom is -0.423 e. The predicted octanol–water partition coefficient (Wildman–Crippen LogP) is 3.23. The molecule has 1 N–H and O–H groups in total. The van der Waals surface area contributed by atoms with E-state index >= 15 is 0 Å². The third kappa shape index (κ3) is 3.93. The number of anilines is 1. The van der Waals surface area contributed by atoms with Crippen molar-refractivity contribution in [1.82, 2.24) is 20.1 Å². The van der Waals surface area contributed by atoms with E-state index < -0.39 is 0 Å². The average Bonchev–Trinajstić information content (AvgIpc) is 3.32. The molecule has 0 atom stereocenters. The summed E-state index contributed by atoms with van der Waals surface area (Å²) in [6.07, 6.45) is 5.31. The van der Waals surface area contributed by atoms with Gasteiger partial charge in [0.15, 0.2) is 5.58 Å². The molecule has 3 heterocycles. The number of carbonyl (C=O) groups excluding carboxylic acids is 1. The molecule has 3 aromatic rings. The Hall–Kier alpha value is -2.54. The number of carbonyl (C=O) groups is 1. The number of oxazole rings is 1. The van der Waals surface area contributed by atoms with Gasteiger partial charge in [-0.3, -0.25) is 9.48 Å². The lowest BCUT2D eigenvalue weighted by Gasteiger charge is -2.30. The van der Waals surface area contributed by atoms with Gasteiger partial charge in [-0.15, -0.1) is 0 Å². The van der Waals surface area contributed by atoms with E-state index in [2.05, 4.69) is 20.3 Å². The van der Waals surface area contributed by atoms with Crippen LogP contribution in [0.1, 0.15) is 25.3 Å². The number of aryl methyl sites for hydroxylation is 1. The maximum absolute atomic E-state index is 12.5. The molecule has 0 aliphatic carbocycles. The first-order valence-corrected chi connectivity index (χ1v) is 9.60. The fourth-order valence-corrected chi connectivity index (χ4v) is 3.52. The van der Waals surface area contributed by atoms with Crippen molar-refractivity contribution in [2.75, 3.05) is 18.0 Å². The Bertz CT molecular complexity index is 943. The number of fused-ring (bicyclic) bond motifs is 1. The second-order valence-electron chi connectivity index (χ2n) is 6.79. The quantitative estimate of drug-likeness (QED) is 0.727. The molecule has 0 unspecified atom stereocenters. The third-order valence-electron chi connectivity index (χ3n) is 4.95. The molecule has 0 radical (unpaired) electrons. The Morgan fingerprint density at radius 2 is 2.19 bits per heavy atom. The predicted molar refractivity (Wildman–Crippen MR) is 104 cm³/mol. The first kappa shape index (κ1) is 17.9. The first-order valence-electron chi connectivity index (χ1n) is 9.22. The Balaban J connectivity index is 1.31. The Morgan fingerprint density at radius 3 is 2.93 bits per heavy atom. The molecular formula is C19H22ClN5O2. The fraction of sp³-hybridized carbons (Fsp3) is 0.421. The summed E-state index contributed by atoms with van der Waals surface area (Å²) >= 11 is 6.00. The summed E-state index contributed by atoms with van der Waals surface area (Å²) in [5.74, 6) is 0.115. The molecule has 1 aliphatic heterocycles. The van der Waals surface area contributed by atoms with Gasteiger partial charge < -0.3 is 14.6 Å². The number of hydrogen-bond donors (Lipinski definition) is 1. The molecule has 1 aliphatic rings. The highest BCUT2D eigenvalue weighted by atomic mass is 35.5. The highest BCUT2D eigenvalue weighted by molar-refractivity contribution is 6.31. The van der Waals surface area contributed by atoms with Crippen LogP contribution in [0.5, 0.6) is 0 Å². The third-order valence-corrected chi connectivity index (χ3v) is 5.19. The number of rotatable bonds is 5. The summed E-state index contributed by atoms with van der Waals surface area (Å²) in [5, 5.41) is 7.88. The number of nitrogens with one attached hydrogen (secondary N) is 1. The van der Waals surface area contributed by atoms with E-state index in [0.29, 0.717) is 23.2 Å². The lowest BCUT2D eigenvalue weighted by atomic mass is 9.96. The Kier molecular flexibility index (Phi) is 5.03. The number of aromatic nitrogens is 3. The molecule has 8 heteroatoms. The molecule has 142 valence electrons. The van der Waals surface area contributed by atoms with Gasteiger partial charge in [-0.05, 0) is 31.9 Å². The summed E-state index contributed by atoms with van der Waals surface area (Å²) in [4.78, 5) is 19.1. The summed E-state index contributed by atoms with van der Waals surface area (Å²) in [7, 11) is 0. The summed E-state index contributed by atoms with van der Waals surface area (Å²) in [6.45, 7) is 4.87. The lowest BCUT2D eigenvalue weighted by molar-refractivity contribution is -0.125. The van der Waals surface area contributed by atoms with Gasteiger partial charge >= 0.3 is 0 Å². The Labute approximate surface area is 162 Å². The van der Waals surface area contributed by atoms with Gasteiger partial charge in [0.25, 0.3) is 6.01 Å². The van der Waals surface area contributed by atoms with Gasteiger partial charge in [-0.25, -0.2) is 0 Å². The van der Waals surface area contributed by atoms with E-state index in [0.717, 1.165) is 43.6 Å². The zero-order chi connectivity index (χ0) is 18.8. The molecular weight excluding hydrogens is 366 g/mol. The van der Waals surface area contributed by atoms with Crippen LogP contribution in [0.4, 0.5) is 6.01 Å². The molecule has 4 rings (SSSR count). The molecule has 1 aromatic carbocycles. The molecule has 0 saturated carbocycles. The van der Waals surface area contributed by atoms with E-state index in [4.69, 9.17) is 16.0 Å². The highest BCUT2D eigenvalue weighted by Crippen LogP contribution is 2.28. The summed E-state index contributed by atoms with van der Waals surface area (Å²) in [6, 6.07) is 6.02. The number of hydrogen-bond acceptors (Lipinski definition) is 5. The van der Waals surface area contributed by atoms with Gasteiger partial charge in [-0.1, -0.05) is 11.6 Å². The van der Waals surface area contributed by atoms with Crippen molar-refractivity contribution in [3.63, 3.8) is 0 Å². The van der Waals surface area contributed by atoms with Crippen LogP contribution in [0.3, 0.4) is 0 Å². The molecule has 27 heavy (non-hydrogen) atoms. The van der Waals surface area contributed by atoms with Crippen LogP contribution >= 0.6 is 11.6 Å². The SMILES string of the molecule is CCn1cc(CNC(=O)C2CCN(c3nc4ccc(Cl)cc4o3)CC2)cn1. The van der Waals surface area contributed by atoms with Crippen LogP contribution in [0.25, 0.3) is 11.1 Å². The average molecular weight is 388 g/mol. The zero-order valence-corrected chi connectivity index (χ0v) is 15.9.